The third kappa shape index (κ3) is 5.58. The average molecular weight is 530 g/mol. The van der Waals surface area contributed by atoms with Crippen LogP contribution in [-0.4, -0.2) is 52.9 Å². The third-order valence-electron chi connectivity index (χ3n) is 7.69. The third-order valence-corrected chi connectivity index (χ3v) is 8.91. The molecule has 3 fully saturated rings. The highest BCUT2D eigenvalue weighted by Crippen LogP contribution is 2.37. The minimum atomic E-state index is -0.796. The van der Waals surface area contributed by atoms with Crippen LogP contribution in [0, 0.1) is 11.8 Å². The van der Waals surface area contributed by atoms with Gasteiger partial charge in [-0.15, -0.1) is 11.3 Å². The zero-order chi connectivity index (χ0) is 25.3. The van der Waals surface area contributed by atoms with Gasteiger partial charge in [-0.3, -0.25) is 14.5 Å². The van der Waals surface area contributed by atoms with E-state index in [1.165, 1.54) is 12.8 Å². The summed E-state index contributed by atoms with van der Waals surface area (Å²) in [6.45, 7) is 7.61. The first-order valence-electron chi connectivity index (χ1n) is 13.1. The molecule has 1 aliphatic carbocycles. The van der Waals surface area contributed by atoms with Gasteiger partial charge in [0.05, 0.1) is 13.2 Å². The smallest absolute Gasteiger partial charge is 0.246 e. The molecule has 6 nitrogen and oxygen atoms in total. The number of nitrogens with one attached hydrogen (secondary N) is 1. The largest absolute Gasteiger partial charge is 0.493 e. The van der Waals surface area contributed by atoms with Crippen molar-refractivity contribution in [3.05, 3.63) is 51.2 Å². The van der Waals surface area contributed by atoms with Gasteiger partial charge in [-0.2, -0.15) is 0 Å². The number of piperazine rings is 1. The van der Waals surface area contributed by atoms with Crippen molar-refractivity contribution in [2.75, 3.05) is 19.7 Å². The van der Waals surface area contributed by atoms with Gasteiger partial charge in [0.25, 0.3) is 0 Å². The number of carbonyl (C=O) groups is 2. The minimum absolute atomic E-state index is 0.000784. The second kappa shape index (κ2) is 10.7. The molecular weight excluding hydrogens is 494 g/mol. The zero-order valence-electron chi connectivity index (χ0n) is 21.2. The summed E-state index contributed by atoms with van der Waals surface area (Å²) >= 11 is 8.24. The van der Waals surface area contributed by atoms with Crippen molar-refractivity contribution in [3.8, 4) is 5.75 Å². The molecule has 0 bridgehead atoms. The molecule has 2 aromatic rings. The van der Waals surface area contributed by atoms with Gasteiger partial charge in [-0.1, -0.05) is 37.6 Å². The molecule has 5 rings (SSSR count). The summed E-state index contributed by atoms with van der Waals surface area (Å²) in [5.74, 6) is 1.90. The molecule has 2 aliphatic heterocycles. The van der Waals surface area contributed by atoms with Crippen molar-refractivity contribution in [1.29, 1.82) is 0 Å². The van der Waals surface area contributed by atoms with Crippen LogP contribution in [-0.2, 0) is 22.7 Å². The first kappa shape index (κ1) is 25.6. The zero-order valence-corrected chi connectivity index (χ0v) is 22.7. The van der Waals surface area contributed by atoms with E-state index in [2.05, 4.69) is 24.1 Å². The molecule has 2 saturated heterocycles. The number of nitrogens with zero attached hydrogens (tertiary/aromatic N) is 2. The van der Waals surface area contributed by atoms with E-state index in [-0.39, 0.29) is 11.8 Å². The Balaban J connectivity index is 1.27. The highest BCUT2D eigenvalue weighted by atomic mass is 35.5. The fraction of sp³-hybridized carbons (Fsp3) is 0.571. The number of hydrogen-bond donors (Lipinski definition) is 1. The van der Waals surface area contributed by atoms with E-state index in [4.69, 9.17) is 16.3 Å². The maximum absolute atomic E-state index is 13.6. The lowest BCUT2D eigenvalue weighted by Gasteiger charge is -2.51. The van der Waals surface area contributed by atoms with Crippen molar-refractivity contribution in [3.63, 3.8) is 0 Å². The van der Waals surface area contributed by atoms with Crippen LogP contribution < -0.4 is 10.1 Å². The van der Waals surface area contributed by atoms with Crippen molar-refractivity contribution in [2.24, 2.45) is 11.8 Å². The standard InChI is InChI=1S/C28H36ClN3O3S/c1-19(2)14-25-26(33)32(17-23-4-3-13-36-23)28(27(34)30-25)9-11-31(12-10-28)16-21-7-8-22(15-24(21)29)35-18-20-5-6-20/h3-4,7-8,13,15,19-20,25H,5-6,9-12,14,16-18H2,1-2H3,(H,30,34). The second-order valence-corrected chi connectivity index (χ2v) is 12.4. The van der Waals surface area contributed by atoms with Crippen LogP contribution >= 0.6 is 22.9 Å². The molecule has 1 atom stereocenters. The Morgan fingerprint density at radius 3 is 2.58 bits per heavy atom. The number of amides is 2. The normalized spacial score (nSPS) is 22.3. The Labute approximate surface area is 222 Å². The molecule has 1 saturated carbocycles. The van der Waals surface area contributed by atoms with Crippen LogP contribution in [0.5, 0.6) is 5.75 Å². The Kier molecular flexibility index (Phi) is 7.61. The van der Waals surface area contributed by atoms with E-state index >= 15 is 0 Å². The number of ether oxygens (including phenoxy) is 1. The number of rotatable bonds is 9. The molecule has 1 N–H and O–H groups in total. The van der Waals surface area contributed by atoms with Gasteiger partial charge in [0.2, 0.25) is 11.8 Å². The van der Waals surface area contributed by atoms with Crippen molar-refractivity contribution in [2.45, 2.75) is 70.6 Å². The topological polar surface area (TPSA) is 61.9 Å². The number of piperidine rings is 1. The molecule has 3 aliphatic rings. The Hall–Kier alpha value is -2.09. The molecule has 1 spiro atoms. The van der Waals surface area contributed by atoms with E-state index in [1.54, 1.807) is 11.3 Å². The molecule has 0 radical (unpaired) electrons. The monoisotopic (exact) mass is 529 g/mol. The first-order valence-corrected chi connectivity index (χ1v) is 14.4. The van der Waals surface area contributed by atoms with E-state index in [9.17, 15) is 9.59 Å². The summed E-state index contributed by atoms with van der Waals surface area (Å²) in [5, 5.41) is 5.83. The average Bonchev–Trinajstić information content (AvgIpc) is 3.54. The summed E-state index contributed by atoms with van der Waals surface area (Å²) in [6, 6.07) is 9.56. The quantitative estimate of drug-likeness (QED) is 0.491. The summed E-state index contributed by atoms with van der Waals surface area (Å²) in [7, 11) is 0. The Bertz CT molecular complexity index is 1080. The van der Waals surface area contributed by atoms with Gasteiger partial charge in [-0.25, -0.2) is 0 Å². The number of likely N-dealkylation sites (tertiary alicyclic amines) is 1. The van der Waals surface area contributed by atoms with E-state index < -0.39 is 11.6 Å². The number of thiophene rings is 1. The lowest BCUT2D eigenvalue weighted by molar-refractivity contribution is -0.162. The van der Waals surface area contributed by atoms with Crippen LogP contribution in [0.15, 0.2) is 35.7 Å². The maximum atomic E-state index is 13.6. The van der Waals surface area contributed by atoms with Gasteiger partial charge in [-0.05, 0) is 73.1 Å². The molecule has 2 amide bonds. The molecule has 3 heterocycles. The van der Waals surface area contributed by atoms with Gasteiger partial charge in [0.1, 0.15) is 17.3 Å². The van der Waals surface area contributed by atoms with Gasteiger partial charge in [0, 0.05) is 29.5 Å². The maximum Gasteiger partial charge on any atom is 0.246 e. The van der Waals surface area contributed by atoms with Crippen molar-refractivity contribution >= 4 is 34.8 Å². The number of carbonyl (C=O) groups excluding carboxylic acids is 2. The summed E-state index contributed by atoms with van der Waals surface area (Å²) in [5.41, 5.74) is 0.262. The van der Waals surface area contributed by atoms with Crippen LogP contribution in [0.2, 0.25) is 5.02 Å². The number of halogens is 1. The van der Waals surface area contributed by atoms with Crippen LogP contribution in [0.1, 0.15) is 56.4 Å². The summed E-state index contributed by atoms with van der Waals surface area (Å²) < 4.78 is 5.86. The first-order chi connectivity index (χ1) is 17.3. The second-order valence-electron chi connectivity index (χ2n) is 11.0. The van der Waals surface area contributed by atoms with E-state index in [0.29, 0.717) is 49.2 Å². The minimum Gasteiger partial charge on any atom is -0.493 e. The van der Waals surface area contributed by atoms with E-state index in [0.717, 1.165) is 35.9 Å². The number of hydrogen-bond acceptors (Lipinski definition) is 5. The molecule has 194 valence electrons. The highest BCUT2D eigenvalue weighted by Gasteiger charge is 2.53. The predicted octanol–water partition coefficient (Wildman–Crippen LogP) is 5.10. The summed E-state index contributed by atoms with van der Waals surface area (Å²) in [4.78, 5) is 32.5. The van der Waals surface area contributed by atoms with Gasteiger partial charge >= 0.3 is 0 Å². The Morgan fingerprint density at radius 1 is 1.17 bits per heavy atom. The Morgan fingerprint density at radius 2 is 1.94 bits per heavy atom. The lowest BCUT2D eigenvalue weighted by atomic mass is 9.80. The highest BCUT2D eigenvalue weighted by molar-refractivity contribution is 7.09. The predicted molar refractivity (Wildman–Crippen MR) is 143 cm³/mol. The molecule has 1 aromatic carbocycles. The molecule has 1 unspecified atom stereocenters. The van der Waals surface area contributed by atoms with Crippen molar-refractivity contribution < 1.29 is 14.3 Å². The lowest BCUT2D eigenvalue weighted by Crippen LogP contribution is -2.72. The van der Waals surface area contributed by atoms with Crippen molar-refractivity contribution in [1.82, 2.24) is 15.1 Å². The van der Waals surface area contributed by atoms with Gasteiger partial charge in [0.15, 0.2) is 0 Å². The SMILES string of the molecule is CC(C)CC1NC(=O)C2(CCN(Cc3ccc(OCC4CC4)cc3Cl)CC2)N(Cc2cccs2)C1=O. The fourth-order valence-electron chi connectivity index (χ4n) is 5.36. The fourth-order valence-corrected chi connectivity index (χ4v) is 6.28. The molecule has 1 aromatic heterocycles. The van der Waals surface area contributed by atoms with Crippen LogP contribution in [0.25, 0.3) is 0 Å². The van der Waals surface area contributed by atoms with Gasteiger partial charge < -0.3 is 15.0 Å². The van der Waals surface area contributed by atoms with Crippen LogP contribution in [0.3, 0.4) is 0 Å². The molecule has 36 heavy (non-hydrogen) atoms. The van der Waals surface area contributed by atoms with E-state index in [1.807, 2.05) is 40.6 Å². The number of benzene rings is 1. The molecular formula is C28H36ClN3O3S. The molecule has 8 heteroatoms. The summed E-state index contributed by atoms with van der Waals surface area (Å²) in [6.07, 6.45) is 4.41. The van der Waals surface area contributed by atoms with Crippen LogP contribution in [0.4, 0.5) is 0 Å².